The zero-order valence-corrected chi connectivity index (χ0v) is 18.2. The van der Waals surface area contributed by atoms with Crippen molar-refractivity contribution in [2.24, 2.45) is 0 Å². The van der Waals surface area contributed by atoms with Gasteiger partial charge in [0.15, 0.2) is 17.1 Å². The van der Waals surface area contributed by atoms with Crippen LogP contribution in [0.1, 0.15) is 18.4 Å². The molecule has 0 saturated heterocycles. The van der Waals surface area contributed by atoms with Crippen molar-refractivity contribution >= 4 is 22.6 Å². The van der Waals surface area contributed by atoms with Crippen LogP contribution in [0, 0.1) is 0 Å². The van der Waals surface area contributed by atoms with Gasteiger partial charge in [-0.1, -0.05) is 6.07 Å². The molecule has 0 unspecified atom stereocenters. The molecule has 8 nitrogen and oxygen atoms in total. The minimum atomic E-state index is -0.102. The van der Waals surface area contributed by atoms with Crippen LogP contribution < -0.4 is 20.3 Å². The van der Waals surface area contributed by atoms with Crippen LogP contribution in [-0.4, -0.2) is 40.6 Å². The Kier molecular flexibility index (Phi) is 6.39. The number of fused-ring (bicyclic) bond motifs is 3. The van der Waals surface area contributed by atoms with Gasteiger partial charge in [-0.2, -0.15) is 0 Å². The first-order valence-electron chi connectivity index (χ1n) is 10.5. The summed E-state index contributed by atoms with van der Waals surface area (Å²) in [6, 6.07) is 13.1. The van der Waals surface area contributed by atoms with E-state index in [2.05, 4.69) is 10.3 Å². The molecular weight excluding hydrogens is 408 g/mol. The van der Waals surface area contributed by atoms with Crippen molar-refractivity contribution in [3.63, 3.8) is 0 Å². The standard InChI is InChI=1S/C24H26N4O4/c1-31-20-10-9-17(16-21(20)32-2)11-13-25-22(29)8-5-15-28-23-18(6-3-12-26-23)27-14-4-7-19(27)24(28)30/h3-4,6-7,9-10,12,14,16H,5,8,11,13,15H2,1-2H3,(H,25,29). The minimum absolute atomic E-state index is 0.0421. The number of hydrogen-bond donors (Lipinski definition) is 1. The first-order valence-corrected chi connectivity index (χ1v) is 10.5. The second-order valence-electron chi connectivity index (χ2n) is 7.46. The first kappa shape index (κ1) is 21.4. The van der Waals surface area contributed by atoms with Gasteiger partial charge in [-0.05, 0) is 54.8 Å². The smallest absolute Gasteiger partial charge is 0.276 e. The predicted molar refractivity (Wildman–Crippen MR) is 122 cm³/mol. The number of hydrogen-bond acceptors (Lipinski definition) is 5. The second-order valence-corrected chi connectivity index (χ2v) is 7.46. The molecule has 0 atom stereocenters. The molecule has 3 heterocycles. The molecule has 1 aromatic carbocycles. The van der Waals surface area contributed by atoms with E-state index in [4.69, 9.17) is 9.47 Å². The summed E-state index contributed by atoms with van der Waals surface area (Å²) < 4.78 is 14.1. The monoisotopic (exact) mass is 434 g/mol. The molecule has 1 amide bonds. The van der Waals surface area contributed by atoms with E-state index < -0.39 is 0 Å². The van der Waals surface area contributed by atoms with Gasteiger partial charge < -0.3 is 19.2 Å². The molecule has 0 aliphatic carbocycles. The van der Waals surface area contributed by atoms with Gasteiger partial charge in [-0.15, -0.1) is 0 Å². The van der Waals surface area contributed by atoms with Gasteiger partial charge in [0.25, 0.3) is 5.56 Å². The van der Waals surface area contributed by atoms with E-state index in [0.29, 0.717) is 55.0 Å². The van der Waals surface area contributed by atoms with Crippen LogP contribution in [0.4, 0.5) is 0 Å². The molecule has 0 spiro atoms. The number of benzene rings is 1. The summed E-state index contributed by atoms with van der Waals surface area (Å²) in [7, 11) is 3.20. The number of ether oxygens (including phenoxy) is 2. The van der Waals surface area contributed by atoms with Crippen molar-refractivity contribution in [1.82, 2.24) is 19.3 Å². The molecule has 0 radical (unpaired) electrons. The SMILES string of the molecule is COc1ccc(CCNC(=O)CCCn2c(=O)c3cccn3c3cccnc32)cc1OC. The Morgan fingerprint density at radius 1 is 1.06 bits per heavy atom. The predicted octanol–water partition coefficient (Wildman–Crippen LogP) is 2.81. The van der Waals surface area contributed by atoms with Crippen molar-refractivity contribution in [1.29, 1.82) is 0 Å². The van der Waals surface area contributed by atoms with Crippen LogP contribution in [-0.2, 0) is 17.8 Å². The summed E-state index contributed by atoms with van der Waals surface area (Å²) in [6.45, 7) is 0.950. The Labute approximate surface area is 185 Å². The maximum absolute atomic E-state index is 12.9. The third kappa shape index (κ3) is 4.30. The summed E-state index contributed by atoms with van der Waals surface area (Å²) in [5.74, 6) is 1.30. The normalized spacial score (nSPS) is 11.1. The van der Waals surface area contributed by atoms with E-state index in [1.807, 2.05) is 47.0 Å². The molecule has 0 bridgehead atoms. The zero-order valence-electron chi connectivity index (χ0n) is 18.2. The van der Waals surface area contributed by atoms with Gasteiger partial charge in [0, 0.05) is 31.9 Å². The van der Waals surface area contributed by atoms with Crippen LogP contribution in [0.15, 0.2) is 59.7 Å². The highest BCUT2D eigenvalue weighted by Crippen LogP contribution is 2.27. The second kappa shape index (κ2) is 9.55. The van der Waals surface area contributed by atoms with Crippen LogP contribution in [0.2, 0.25) is 0 Å². The average molecular weight is 434 g/mol. The Bertz CT molecular complexity index is 1310. The number of rotatable bonds is 9. The third-order valence-electron chi connectivity index (χ3n) is 5.46. The first-order chi connectivity index (χ1) is 15.6. The van der Waals surface area contributed by atoms with E-state index in [0.717, 1.165) is 11.1 Å². The largest absolute Gasteiger partial charge is 0.493 e. The number of carbonyl (C=O) groups excluding carboxylic acids is 1. The molecule has 0 saturated carbocycles. The van der Waals surface area contributed by atoms with Crippen LogP contribution in [0.3, 0.4) is 0 Å². The Balaban J connectivity index is 1.34. The summed E-state index contributed by atoms with van der Waals surface area (Å²) in [5, 5.41) is 2.94. The number of methoxy groups -OCH3 is 2. The topological polar surface area (TPSA) is 86.9 Å². The maximum atomic E-state index is 12.9. The summed E-state index contributed by atoms with van der Waals surface area (Å²) in [5.41, 5.74) is 3.04. The lowest BCUT2D eigenvalue weighted by molar-refractivity contribution is -0.121. The maximum Gasteiger partial charge on any atom is 0.276 e. The van der Waals surface area contributed by atoms with Gasteiger partial charge in [0.2, 0.25) is 5.91 Å². The molecule has 0 aliphatic heterocycles. The quantitative estimate of drug-likeness (QED) is 0.438. The fourth-order valence-electron chi connectivity index (χ4n) is 3.86. The fraction of sp³-hybridized carbons (Fsp3) is 0.292. The molecule has 32 heavy (non-hydrogen) atoms. The fourth-order valence-corrected chi connectivity index (χ4v) is 3.86. The van der Waals surface area contributed by atoms with Gasteiger partial charge in [-0.25, -0.2) is 4.98 Å². The van der Waals surface area contributed by atoms with Crippen molar-refractivity contribution < 1.29 is 14.3 Å². The number of amides is 1. The van der Waals surface area contributed by atoms with Crippen molar-refractivity contribution in [3.8, 4) is 11.5 Å². The summed E-state index contributed by atoms with van der Waals surface area (Å²) in [6.07, 6.45) is 5.10. The highest BCUT2D eigenvalue weighted by atomic mass is 16.5. The average Bonchev–Trinajstić information content (AvgIpc) is 3.31. The summed E-state index contributed by atoms with van der Waals surface area (Å²) >= 11 is 0. The van der Waals surface area contributed by atoms with Crippen LogP contribution >= 0.6 is 0 Å². The number of nitrogens with one attached hydrogen (secondary N) is 1. The molecule has 0 aliphatic rings. The Morgan fingerprint density at radius 2 is 1.88 bits per heavy atom. The molecule has 166 valence electrons. The number of aromatic nitrogens is 3. The van der Waals surface area contributed by atoms with E-state index in [-0.39, 0.29) is 11.5 Å². The number of carbonyl (C=O) groups is 1. The molecule has 3 aromatic heterocycles. The Morgan fingerprint density at radius 3 is 2.69 bits per heavy atom. The van der Waals surface area contributed by atoms with E-state index in [1.165, 1.54) is 0 Å². The molecule has 1 N–H and O–H groups in total. The molecule has 0 fully saturated rings. The molecular formula is C24H26N4O4. The number of aryl methyl sites for hydroxylation is 1. The van der Waals surface area contributed by atoms with E-state index >= 15 is 0 Å². The minimum Gasteiger partial charge on any atom is -0.493 e. The lowest BCUT2D eigenvalue weighted by atomic mass is 10.1. The lowest BCUT2D eigenvalue weighted by Crippen LogP contribution is -2.27. The van der Waals surface area contributed by atoms with Crippen LogP contribution in [0.25, 0.3) is 16.7 Å². The van der Waals surface area contributed by atoms with E-state index in [1.54, 1.807) is 31.0 Å². The highest BCUT2D eigenvalue weighted by molar-refractivity contribution is 5.76. The van der Waals surface area contributed by atoms with Gasteiger partial charge in [-0.3, -0.25) is 14.2 Å². The summed E-state index contributed by atoms with van der Waals surface area (Å²) in [4.78, 5) is 29.6. The molecule has 8 heteroatoms. The molecule has 4 aromatic rings. The van der Waals surface area contributed by atoms with Gasteiger partial charge >= 0.3 is 0 Å². The molecule has 4 rings (SSSR count). The van der Waals surface area contributed by atoms with E-state index in [9.17, 15) is 9.59 Å². The van der Waals surface area contributed by atoms with Gasteiger partial charge in [0.1, 0.15) is 5.52 Å². The zero-order chi connectivity index (χ0) is 22.5. The van der Waals surface area contributed by atoms with Crippen molar-refractivity contribution in [2.45, 2.75) is 25.8 Å². The van der Waals surface area contributed by atoms with Crippen LogP contribution in [0.5, 0.6) is 11.5 Å². The number of pyridine rings is 1. The number of nitrogens with zero attached hydrogens (tertiary/aromatic N) is 3. The van der Waals surface area contributed by atoms with Crippen molar-refractivity contribution in [3.05, 3.63) is 70.8 Å². The van der Waals surface area contributed by atoms with Crippen molar-refractivity contribution in [2.75, 3.05) is 20.8 Å². The highest BCUT2D eigenvalue weighted by Gasteiger charge is 2.12. The Hall–Kier alpha value is -3.81. The third-order valence-corrected chi connectivity index (χ3v) is 5.46. The lowest BCUT2D eigenvalue weighted by Gasteiger charge is -2.12. The van der Waals surface area contributed by atoms with Gasteiger partial charge in [0.05, 0.1) is 19.7 Å².